The third kappa shape index (κ3) is 3.63. The Morgan fingerprint density at radius 3 is 2.17 bits per heavy atom. The van der Waals surface area contributed by atoms with Gasteiger partial charge in [-0.1, -0.05) is 42.0 Å². The summed E-state index contributed by atoms with van der Waals surface area (Å²) in [4.78, 5) is 8.32. The number of aromatic amines is 1. The van der Waals surface area contributed by atoms with Gasteiger partial charge >= 0.3 is 0 Å². The van der Waals surface area contributed by atoms with Gasteiger partial charge in [0.15, 0.2) is 11.5 Å². The molecule has 0 unspecified atom stereocenters. The standard InChI is InChI=1S/C24H24N2O3/c1-15-8-10-16(11-9-15)12-17-6-5-7-19-22(17)26-24(25-19)18-13-20(27-2)23(29-4)21(14-18)28-3/h5-11,13-14H,12H2,1-4H3,(H,25,26). The molecule has 0 amide bonds. The number of ether oxygens (including phenoxy) is 3. The maximum absolute atomic E-state index is 5.48. The minimum absolute atomic E-state index is 0.565. The van der Waals surface area contributed by atoms with Gasteiger partial charge in [0.25, 0.3) is 0 Å². The van der Waals surface area contributed by atoms with Crippen LogP contribution in [-0.4, -0.2) is 31.3 Å². The van der Waals surface area contributed by atoms with Gasteiger partial charge in [-0.3, -0.25) is 0 Å². The second-order valence-corrected chi connectivity index (χ2v) is 6.98. The lowest BCUT2D eigenvalue weighted by Crippen LogP contribution is -1.96. The zero-order chi connectivity index (χ0) is 20.4. The number of aryl methyl sites for hydroxylation is 1. The quantitative estimate of drug-likeness (QED) is 0.496. The maximum atomic E-state index is 5.48. The molecule has 0 aliphatic rings. The van der Waals surface area contributed by atoms with Crippen molar-refractivity contribution in [2.24, 2.45) is 0 Å². The first kappa shape index (κ1) is 18.9. The monoisotopic (exact) mass is 388 g/mol. The number of imidazole rings is 1. The van der Waals surface area contributed by atoms with Gasteiger partial charge in [0.2, 0.25) is 5.75 Å². The second kappa shape index (κ2) is 7.87. The predicted octanol–water partition coefficient (Wildman–Crippen LogP) is 5.15. The molecule has 0 bridgehead atoms. The molecule has 148 valence electrons. The summed E-state index contributed by atoms with van der Waals surface area (Å²) in [5.74, 6) is 2.52. The Morgan fingerprint density at radius 2 is 1.55 bits per heavy atom. The van der Waals surface area contributed by atoms with Crippen molar-refractivity contribution >= 4 is 11.0 Å². The van der Waals surface area contributed by atoms with E-state index in [4.69, 9.17) is 19.2 Å². The molecule has 0 radical (unpaired) electrons. The van der Waals surface area contributed by atoms with Crippen LogP contribution < -0.4 is 14.2 Å². The van der Waals surface area contributed by atoms with Crippen LogP contribution in [-0.2, 0) is 6.42 Å². The van der Waals surface area contributed by atoms with Gasteiger partial charge in [-0.15, -0.1) is 0 Å². The Morgan fingerprint density at radius 1 is 0.862 bits per heavy atom. The lowest BCUT2D eigenvalue weighted by Gasteiger charge is -2.13. The molecular formula is C24H24N2O3. The predicted molar refractivity (Wildman–Crippen MR) is 115 cm³/mol. The van der Waals surface area contributed by atoms with E-state index in [1.54, 1.807) is 21.3 Å². The van der Waals surface area contributed by atoms with Crippen molar-refractivity contribution < 1.29 is 14.2 Å². The van der Waals surface area contributed by atoms with E-state index in [1.165, 1.54) is 16.7 Å². The molecule has 0 aliphatic carbocycles. The zero-order valence-electron chi connectivity index (χ0n) is 17.1. The maximum Gasteiger partial charge on any atom is 0.203 e. The van der Waals surface area contributed by atoms with Crippen molar-refractivity contribution in [1.82, 2.24) is 9.97 Å². The Labute approximate surface area is 170 Å². The number of para-hydroxylation sites is 1. The Hall–Kier alpha value is -3.47. The van der Waals surface area contributed by atoms with Crippen molar-refractivity contribution in [3.05, 3.63) is 71.3 Å². The largest absolute Gasteiger partial charge is 0.493 e. The molecule has 1 aromatic heterocycles. The van der Waals surface area contributed by atoms with E-state index in [9.17, 15) is 0 Å². The number of aromatic nitrogens is 2. The first-order chi connectivity index (χ1) is 14.1. The van der Waals surface area contributed by atoms with Crippen LogP contribution in [0.2, 0.25) is 0 Å². The Balaban J connectivity index is 1.77. The molecule has 0 saturated heterocycles. The second-order valence-electron chi connectivity index (χ2n) is 6.98. The zero-order valence-corrected chi connectivity index (χ0v) is 17.1. The van der Waals surface area contributed by atoms with Crippen LogP contribution in [0.25, 0.3) is 22.4 Å². The highest BCUT2D eigenvalue weighted by atomic mass is 16.5. The van der Waals surface area contributed by atoms with Gasteiger partial charge in [0.05, 0.1) is 32.4 Å². The molecular weight excluding hydrogens is 364 g/mol. The van der Waals surface area contributed by atoms with Crippen LogP contribution in [0, 0.1) is 6.92 Å². The first-order valence-electron chi connectivity index (χ1n) is 9.46. The third-order valence-corrected chi connectivity index (χ3v) is 5.05. The average Bonchev–Trinajstić information content (AvgIpc) is 3.19. The van der Waals surface area contributed by atoms with E-state index in [-0.39, 0.29) is 0 Å². The molecule has 5 nitrogen and oxygen atoms in total. The Kier molecular flexibility index (Phi) is 5.12. The number of fused-ring (bicyclic) bond motifs is 1. The molecule has 1 N–H and O–H groups in total. The normalized spacial score (nSPS) is 10.9. The summed E-state index contributed by atoms with van der Waals surface area (Å²) in [7, 11) is 4.82. The summed E-state index contributed by atoms with van der Waals surface area (Å²) in [6, 6.07) is 18.6. The number of hydrogen-bond donors (Lipinski definition) is 1. The van der Waals surface area contributed by atoms with Gasteiger partial charge in [-0.05, 0) is 42.7 Å². The number of nitrogens with one attached hydrogen (secondary N) is 1. The van der Waals surface area contributed by atoms with Crippen molar-refractivity contribution in [2.45, 2.75) is 13.3 Å². The van der Waals surface area contributed by atoms with Crippen molar-refractivity contribution in [2.75, 3.05) is 21.3 Å². The number of nitrogens with zero attached hydrogens (tertiary/aromatic N) is 1. The third-order valence-electron chi connectivity index (χ3n) is 5.05. The molecule has 0 saturated carbocycles. The van der Waals surface area contributed by atoms with E-state index < -0.39 is 0 Å². The van der Waals surface area contributed by atoms with Crippen molar-refractivity contribution in [3.63, 3.8) is 0 Å². The molecule has 4 aromatic rings. The van der Waals surface area contributed by atoms with Crippen LogP contribution in [0.5, 0.6) is 17.2 Å². The summed E-state index contributed by atoms with van der Waals surface area (Å²) >= 11 is 0. The summed E-state index contributed by atoms with van der Waals surface area (Å²) in [6.45, 7) is 2.10. The van der Waals surface area contributed by atoms with Crippen LogP contribution in [0.1, 0.15) is 16.7 Å². The summed E-state index contributed by atoms with van der Waals surface area (Å²) in [6.07, 6.45) is 0.831. The minimum Gasteiger partial charge on any atom is -0.493 e. The van der Waals surface area contributed by atoms with Crippen LogP contribution in [0.3, 0.4) is 0 Å². The number of hydrogen-bond acceptors (Lipinski definition) is 4. The average molecular weight is 388 g/mol. The van der Waals surface area contributed by atoms with Crippen molar-refractivity contribution in [3.8, 4) is 28.6 Å². The van der Waals surface area contributed by atoms with Crippen LogP contribution >= 0.6 is 0 Å². The lowest BCUT2D eigenvalue weighted by molar-refractivity contribution is 0.324. The van der Waals surface area contributed by atoms with Crippen LogP contribution in [0.4, 0.5) is 0 Å². The summed E-state index contributed by atoms with van der Waals surface area (Å²) in [5.41, 5.74) is 6.55. The highest BCUT2D eigenvalue weighted by Gasteiger charge is 2.16. The fraction of sp³-hybridized carbons (Fsp3) is 0.208. The molecule has 5 heteroatoms. The number of methoxy groups -OCH3 is 3. The lowest BCUT2D eigenvalue weighted by atomic mass is 10.0. The summed E-state index contributed by atoms with van der Waals surface area (Å²) in [5, 5.41) is 0. The molecule has 3 aromatic carbocycles. The number of benzene rings is 3. The molecule has 0 aliphatic heterocycles. The smallest absolute Gasteiger partial charge is 0.203 e. The molecule has 29 heavy (non-hydrogen) atoms. The minimum atomic E-state index is 0.565. The number of H-pyrrole nitrogens is 1. The molecule has 0 atom stereocenters. The van der Waals surface area contributed by atoms with E-state index in [0.29, 0.717) is 17.2 Å². The number of rotatable bonds is 6. The molecule has 0 spiro atoms. The van der Waals surface area contributed by atoms with Crippen LogP contribution in [0.15, 0.2) is 54.6 Å². The van der Waals surface area contributed by atoms with Gasteiger partial charge in [-0.25, -0.2) is 4.98 Å². The highest BCUT2D eigenvalue weighted by molar-refractivity contribution is 5.83. The van der Waals surface area contributed by atoms with Crippen molar-refractivity contribution in [1.29, 1.82) is 0 Å². The van der Waals surface area contributed by atoms with Gasteiger partial charge in [0, 0.05) is 5.56 Å². The van der Waals surface area contributed by atoms with E-state index in [2.05, 4.69) is 48.3 Å². The van der Waals surface area contributed by atoms with Gasteiger partial charge in [0.1, 0.15) is 5.82 Å². The highest BCUT2D eigenvalue weighted by Crippen LogP contribution is 2.41. The molecule has 4 rings (SSSR count). The first-order valence-corrected chi connectivity index (χ1v) is 9.46. The van der Waals surface area contributed by atoms with E-state index in [0.717, 1.165) is 28.8 Å². The van der Waals surface area contributed by atoms with Gasteiger partial charge < -0.3 is 19.2 Å². The Bertz CT molecular complexity index is 1120. The fourth-order valence-corrected chi connectivity index (χ4v) is 3.51. The SMILES string of the molecule is COc1cc(-c2nc3c(Cc4ccc(C)cc4)cccc3[nH]2)cc(OC)c1OC. The van der Waals surface area contributed by atoms with E-state index >= 15 is 0 Å². The topological polar surface area (TPSA) is 56.4 Å². The van der Waals surface area contributed by atoms with Gasteiger partial charge in [-0.2, -0.15) is 0 Å². The molecule has 0 fully saturated rings. The fourth-order valence-electron chi connectivity index (χ4n) is 3.51. The summed E-state index contributed by atoms with van der Waals surface area (Å²) < 4.78 is 16.4. The van der Waals surface area contributed by atoms with E-state index in [1.807, 2.05) is 18.2 Å². The molecule has 1 heterocycles.